The highest BCUT2D eigenvalue weighted by atomic mass is 16.6. The van der Waals surface area contributed by atoms with Crippen molar-refractivity contribution in [2.75, 3.05) is 6.54 Å². The van der Waals surface area contributed by atoms with Gasteiger partial charge in [-0.2, -0.15) is 0 Å². The Morgan fingerprint density at radius 2 is 1.56 bits per heavy atom. The van der Waals surface area contributed by atoms with Crippen LogP contribution in [-0.4, -0.2) is 35.0 Å². The number of amides is 1. The van der Waals surface area contributed by atoms with Gasteiger partial charge in [-0.3, -0.25) is 9.69 Å². The highest BCUT2D eigenvalue weighted by molar-refractivity contribution is 5.91. The van der Waals surface area contributed by atoms with E-state index in [0.29, 0.717) is 12.5 Å². The zero-order valence-electron chi connectivity index (χ0n) is 18.0. The lowest BCUT2D eigenvalue weighted by atomic mass is 9.70. The molecule has 1 aliphatic carbocycles. The summed E-state index contributed by atoms with van der Waals surface area (Å²) in [6.07, 6.45) is 6.13. The molecular formula is C23H37NO3. The Bertz CT molecular complexity index is 596. The van der Waals surface area contributed by atoms with Crippen LogP contribution in [0.15, 0.2) is 25.3 Å². The van der Waals surface area contributed by atoms with Gasteiger partial charge in [0.15, 0.2) is 5.78 Å². The number of carbonyl (C=O) groups is 2. The van der Waals surface area contributed by atoms with Crippen LogP contribution in [0.25, 0.3) is 0 Å². The molecule has 27 heavy (non-hydrogen) atoms. The highest BCUT2D eigenvalue weighted by Crippen LogP contribution is 2.49. The third-order valence-corrected chi connectivity index (χ3v) is 6.12. The summed E-state index contributed by atoms with van der Waals surface area (Å²) in [6.45, 7) is 20.6. The van der Waals surface area contributed by atoms with Crippen LogP contribution in [0.4, 0.5) is 4.79 Å². The zero-order chi connectivity index (χ0) is 20.6. The van der Waals surface area contributed by atoms with E-state index >= 15 is 0 Å². The van der Waals surface area contributed by atoms with Crippen molar-refractivity contribution < 1.29 is 14.3 Å². The summed E-state index contributed by atoms with van der Waals surface area (Å²) >= 11 is 0. The number of ketones is 1. The van der Waals surface area contributed by atoms with Crippen molar-refractivity contribution in [3.63, 3.8) is 0 Å². The molecule has 1 heterocycles. The van der Waals surface area contributed by atoms with Crippen LogP contribution >= 0.6 is 0 Å². The van der Waals surface area contributed by atoms with Crippen LogP contribution in [0.2, 0.25) is 0 Å². The van der Waals surface area contributed by atoms with Gasteiger partial charge in [0.2, 0.25) is 0 Å². The molecule has 152 valence electrons. The maximum Gasteiger partial charge on any atom is 0.410 e. The van der Waals surface area contributed by atoms with Gasteiger partial charge in [-0.05, 0) is 57.3 Å². The molecule has 4 nitrogen and oxygen atoms in total. The van der Waals surface area contributed by atoms with Gasteiger partial charge in [-0.15, -0.1) is 13.2 Å². The van der Waals surface area contributed by atoms with E-state index < -0.39 is 17.7 Å². The first-order chi connectivity index (χ1) is 12.4. The molecule has 2 unspecified atom stereocenters. The van der Waals surface area contributed by atoms with Crippen LogP contribution in [0, 0.1) is 29.1 Å². The van der Waals surface area contributed by atoms with Crippen molar-refractivity contribution in [2.45, 2.75) is 72.4 Å². The number of likely N-dealkylation sites (tertiary alicyclic amines) is 1. The highest BCUT2D eigenvalue weighted by Gasteiger charge is 2.51. The molecular weight excluding hydrogens is 338 g/mol. The Morgan fingerprint density at radius 3 is 2.04 bits per heavy atom. The minimum absolute atomic E-state index is 0.0169. The average Bonchev–Trinajstić information content (AvgIpc) is 3.15. The average molecular weight is 376 g/mol. The van der Waals surface area contributed by atoms with E-state index in [9.17, 15) is 9.59 Å². The molecule has 2 rings (SSSR count). The molecule has 1 saturated carbocycles. The summed E-state index contributed by atoms with van der Waals surface area (Å²) in [5.74, 6) is 0.508. The number of carbonyl (C=O) groups excluding carboxylic acids is 2. The maximum atomic E-state index is 13.8. The zero-order valence-corrected chi connectivity index (χ0v) is 18.0. The van der Waals surface area contributed by atoms with Crippen molar-refractivity contribution in [3.05, 3.63) is 25.3 Å². The van der Waals surface area contributed by atoms with Crippen molar-refractivity contribution in [3.8, 4) is 0 Å². The second kappa shape index (κ2) is 7.81. The summed E-state index contributed by atoms with van der Waals surface area (Å²) in [7, 11) is 0. The SMILES string of the molecule is C=C[C@H]1CC[C@@H](C(C)(C)C)C1C(=O)C1[C@@H](C=C)CCN1C(=O)OC(C)(C)C. The van der Waals surface area contributed by atoms with E-state index in [0.717, 1.165) is 19.3 Å². The summed E-state index contributed by atoms with van der Waals surface area (Å²) in [6, 6.07) is -0.479. The molecule has 0 aromatic rings. The van der Waals surface area contributed by atoms with Gasteiger partial charge in [0, 0.05) is 18.4 Å². The predicted molar refractivity (Wildman–Crippen MR) is 109 cm³/mol. The molecule has 4 heteroatoms. The van der Waals surface area contributed by atoms with E-state index in [1.165, 1.54) is 0 Å². The van der Waals surface area contributed by atoms with Gasteiger partial charge in [-0.1, -0.05) is 32.9 Å². The van der Waals surface area contributed by atoms with Crippen LogP contribution in [0.3, 0.4) is 0 Å². The molecule has 2 aliphatic rings. The van der Waals surface area contributed by atoms with Crippen LogP contribution < -0.4 is 0 Å². The summed E-state index contributed by atoms with van der Waals surface area (Å²) in [5.41, 5.74) is -0.543. The van der Waals surface area contributed by atoms with Crippen LogP contribution in [-0.2, 0) is 9.53 Å². The first-order valence-corrected chi connectivity index (χ1v) is 10.2. The fourth-order valence-electron chi connectivity index (χ4n) is 4.83. The normalized spacial score (nSPS) is 31.6. The van der Waals surface area contributed by atoms with Gasteiger partial charge >= 0.3 is 6.09 Å². The summed E-state index contributed by atoms with van der Waals surface area (Å²) < 4.78 is 5.59. The number of hydrogen-bond acceptors (Lipinski definition) is 3. The molecule has 0 spiro atoms. The van der Waals surface area contributed by atoms with E-state index in [1.807, 2.05) is 32.9 Å². The van der Waals surface area contributed by atoms with Crippen LogP contribution in [0.5, 0.6) is 0 Å². The molecule has 2 fully saturated rings. The molecule has 1 saturated heterocycles. The molecule has 1 amide bonds. The third-order valence-electron chi connectivity index (χ3n) is 6.12. The van der Waals surface area contributed by atoms with Crippen molar-refractivity contribution >= 4 is 11.9 Å². The fraction of sp³-hybridized carbons (Fsp3) is 0.739. The largest absolute Gasteiger partial charge is 0.444 e. The molecule has 0 N–H and O–H groups in total. The third kappa shape index (κ3) is 4.64. The topological polar surface area (TPSA) is 46.6 Å². The van der Waals surface area contributed by atoms with Crippen molar-refractivity contribution in [1.82, 2.24) is 4.90 Å². The first kappa shape index (κ1) is 21.7. The number of nitrogens with zero attached hydrogens (tertiary/aromatic N) is 1. The van der Waals surface area contributed by atoms with Gasteiger partial charge < -0.3 is 4.74 Å². The first-order valence-electron chi connectivity index (χ1n) is 10.2. The van der Waals surface area contributed by atoms with Crippen molar-refractivity contribution in [2.24, 2.45) is 29.1 Å². The Kier molecular flexibility index (Phi) is 6.28. The lowest BCUT2D eigenvalue weighted by Gasteiger charge is -2.37. The smallest absolute Gasteiger partial charge is 0.410 e. The predicted octanol–water partition coefficient (Wildman–Crippen LogP) is 5.24. The molecule has 5 atom stereocenters. The van der Waals surface area contributed by atoms with E-state index in [-0.39, 0.29) is 29.0 Å². The quantitative estimate of drug-likeness (QED) is 0.631. The lowest BCUT2D eigenvalue weighted by molar-refractivity contribution is -0.131. The Morgan fingerprint density at radius 1 is 0.963 bits per heavy atom. The molecule has 0 radical (unpaired) electrons. The standard InChI is InChI=1S/C23H37NO3/c1-9-15-11-12-17(22(3,4)5)18(15)20(25)19-16(10-2)13-14-24(19)21(26)27-23(6,7)8/h9-10,15-19H,1-2,11-14H2,3-8H3/t15-,16-,17+,18?,19?/m0/s1. The number of hydrogen-bond donors (Lipinski definition) is 0. The Balaban J connectivity index is 2.34. The van der Waals surface area contributed by atoms with E-state index in [4.69, 9.17) is 4.74 Å². The minimum atomic E-state index is -0.581. The molecule has 0 bridgehead atoms. The minimum Gasteiger partial charge on any atom is -0.444 e. The fourth-order valence-corrected chi connectivity index (χ4v) is 4.83. The second-order valence-corrected chi connectivity index (χ2v) is 10.2. The maximum absolute atomic E-state index is 13.8. The van der Waals surface area contributed by atoms with Crippen LogP contribution in [0.1, 0.15) is 60.8 Å². The second-order valence-electron chi connectivity index (χ2n) is 10.2. The van der Waals surface area contributed by atoms with Gasteiger partial charge in [0.05, 0.1) is 0 Å². The Labute approximate surface area is 165 Å². The van der Waals surface area contributed by atoms with E-state index in [2.05, 4.69) is 33.9 Å². The van der Waals surface area contributed by atoms with Gasteiger partial charge in [-0.25, -0.2) is 4.79 Å². The Hall–Kier alpha value is -1.58. The summed E-state index contributed by atoms with van der Waals surface area (Å²) in [5, 5.41) is 0. The lowest BCUT2D eigenvalue weighted by Crippen LogP contribution is -2.49. The summed E-state index contributed by atoms with van der Waals surface area (Å²) in [4.78, 5) is 28.2. The monoisotopic (exact) mass is 375 g/mol. The molecule has 0 aromatic carbocycles. The number of rotatable bonds is 4. The number of ether oxygens (including phenoxy) is 1. The molecule has 0 aromatic heterocycles. The van der Waals surface area contributed by atoms with Gasteiger partial charge in [0.1, 0.15) is 11.6 Å². The number of allylic oxidation sites excluding steroid dienone is 1. The van der Waals surface area contributed by atoms with Crippen molar-refractivity contribution in [1.29, 1.82) is 0 Å². The van der Waals surface area contributed by atoms with Gasteiger partial charge in [0.25, 0.3) is 0 Å². The molecule has 1 aliphatic heterocycles. The van der Waals surface area contributed by atoms with E-state index in [1.54, 1.807) is 4.90 Å². The number of Topliss-reactive ketones (excluding diaryl/α,β-unsaturated/α-hetero) is 1.